The first-order valence-corrected chi connectivity index (χ1v) is 12.1. The summed E-state index contributed by atoms with van der Waals surface area (Å²) in [5, 5.41) is 15.2. The third-order valence-electron chi connectivity index (χ3n) is 6.52. The Morgan fingerprint density at radius 3 is 2.68 bits per heavy atom. The van der Waals surface area contributed by atoms with Crippen molar-refractivity contribution in [2.45, 2.75) is 51.1 Å². The second kappa shape index (κ2) is 9.79. The van der Waals surface area contributed by atoms with E-state index in [0.29, 0.717) is 34.2 Å². The van der Waals surface area contributed by atoms with Gasteiger partial charge in [0.15, 0.2) is 5.78 Å². The first-order valence-electron chi connectivity index (χ1n) is 11.7. The number of Topliss-reactive ketones (excluding diaryl/α,β-unsaturated/α-hetero) is 1. The minimum Gasteiger partial charge on any atom is -0.404 e. The molecule has 194 valence electrons. The van der Waals surface area contributed by atoms with Crippen LogP contribution < -0.4 is 10.3 Å². The van der Waals surface area contributed by atoms with Gasteiger partial charge in [0, 0.05) is 17.9 Å². The lowest BCUT2D eigenvalue weighted by Gasteiger charge is -2.14. The molecule has 1 aliphatic rings. The molecule has 2 N–H and O–H groups in total. The van der Waals surface area contributed by atoms with Crippen molar-refractivity contribution in [3.8, 4) is 5.75 Å². The maximum Gasteiger partial charge on any atom is 0.573 e. The maximum atomic E-state index is 13.1. The molecular weight excluding hydrogens is 513 g/mol. The van der Waals surface area contributed by atoms with Gasteiger partial charge in [0.25, 0.3) is 5.56 Å². The number of benzene rings is 2. The average molecular weight is 535 g/mol. The maximum absolute atomic E-state index is 13.1. The van der Waals surface area contributed by atoms with Gasteiger partial charge in [-0.1, -0.05) is 36.2 Å². The van der Waals surface area contributed by atoms with Gasteiger partial charge in [-0.2, -0.15) is 5.10 Å². The van der Waals surface area contributed by atoms with Crippen molar-refractivity contribution in [3.63, 3.8) is 0 Å². The topological polar surface area (TPSA) is 110 Å². The minimum absolute atomic E-state index is 0.109. The molecule has 2 aromatic heterocycles. The van der Waals surface area contributed by atoms with E-state index in [1.165, 1.54) is 6.07 Å². The zero-order valence-electron chi connectivity index (χ0n) is 19.4. The van der Waals surface area contributed by atoms with E-state index < -0.39 is 23.8 Å². The first-order chi connectivity index (χ1) is 17.6. The van der Waals surface area contributed by atoms with Gasteiger partial charge in [-0.3, -0.25) is 9.59 Å². The molecule has 0 amide bonds. The number of aliphatic hydroxyl groups excluding tert-OH is 1. The highest BCUT2D eigenvalue weighted by Crippen LogP contribution is 2.33. The highest BCUT2D eigenvalue weighted by Gasteiger charge is 2.32. The first kappa shape index (κ1) is 25.2. The SMILES string of the molecule is O=C(C[C@H]1CCC[C@H]1O)Cn1nc(Cc2nc3cc(OC(F)(F)F)c(Cl)cc3[nH]2)c2ccccc2c1=O. The average Bonchev–Trinajstić information content (AvgIpc) is 3.41. The number of aromatic amines is 1. The summed E-state index contributed by atoms with van der Waals surface area (Å²) < 4.78 is 43.1. The molecule has 2 aromatic carbocycles. The zero-order chi connectivity index (χ0) is 26.3. The molecule has 37 heavy (non-hydrogen) atoms. The van der Waals surface area contributed by atoms with E-state index in [4.69, 9.17) is 11.6 Å². The molecule has 2 atom stereocenters. The van der Waals surface area contributed by atoms with Gasteiger partial charge in [-0.15, -0.1) is 13.2 Å². The van der Waals surface area contributed by atoms with Gasteiger partial charge in [-0.05, 0) is 30.9 Å². The lowest BCUT2D eigenvalue weighted by atomic mass is 9.99. The lowest BCUT2D eigenvalue weighted by Crippen LogP contribution is -2.29. The van der Waals surface area contributed by atoms with E-state index >= 15 is 0 Å². The van der Waals surface area contributed by atoms with Crippen molar-refractivity contribution >= 4 is 39.2 Å². The fourth-order valence-corrected chi connectivity index (χ4v) is 5.03. The standard InChI is InChI=1S/C25H22ClF3N4O4/c26-17-9-19-20(10-22(17)37-25(27,28)29)31-23(30-19)11-18-15-5-1-2-6-16(15)24(36)33(32-18)12-14(34)8-13-4-3-7-21(13)35/h1-2,5-6,9-10,13,21,35H,3-4,7-8,11-12H2,(H,30,31)/t13-,21-/m1/s1. The Kier molecular flexibility index (Phi) is 6.67. The van der Waals surface area contributed by atoms with Crippen LogP contribution in [0.2, 0.25) is 5.02 Å². The van der Waals surface area contributed by atoms with Gasteiger partial charge in [0.05, 0.1) is 39.7 Å². The lowest BCUT2D eigenvalue weighted by molar-refractivity contribution is -0.274. The molecule has 0 radical (unpaired) electrons. The Bertz CT molecular complexity index is 1550. The van der Waals surface area contributed by atoms with Crippen molar-refractivity contribution in [2.24, 2.45) is 5.92 Å². The number of imidazole rings is 1. The number of H-pyrrole nitrogens is 1. The number of ether oxygens (including phenoxy) is 1. The van der Waals surface area contributed by atoms with E-state index in [2.05, 4.69) is 19.8 Å². The number of hydrogen-bond acceptors (Lipinski definition) is 6. The second-order valence-electron chi connectivity index (χ2n) is 9.16. The van der Waals surface area contributed by atoms with Crippen LogP contribution in [0.25, 0.3) is 21.8 Å². The highest BCUT2D eigenvalue weighted by molar-refractivity contribution is 6.32. The third kappa shape index (κ3) is 5.47. The van der Waals surface area contributed by atoms with Gasteiger partial charge in [0.2, 0.25) is 0 Å². The molecule has 0 spiro atoms. The summed E-state index contributed by atoms with van der Waals surface area (Å²) in [6.07, 6.45) is -2.83. The summed E-state index contributed by atoms with van der Waals surface area (Å²) in [6.45, 7) is -0.228. The van der Waals surface area contributed by atoms with Gasteiger partial charge >= 0.3 is 6.36 Å². The van der Waals surface area contributed by atoms with Crippen LogP contribution in [0, 0.1) is 5.92 Å². The van der Waals surface area contributed by atoms with Crippen molar-refractivity contribution < 1.29 is 27.8 Å². The monoisotopic (exact) mass is 534 g/mol. The fraction of sp³-hybridized carbons (Fsp3) is 0.360. The normalized spacial score (nSPS) is 18.1. The van der Waals surface area contributed by atoms with E-state index in [-0.39, 0.29) is 41.6 Å². The van der Waals surface area contributed by atoms with Crippen LogP contribution >= 0.6 is 11.6 Å². The van der Waals surface area contributed by atoms with Crippen LogP contribution in [-0.4, -0.2) is 43.1 Å². The summed E-state index contributed by atoms with van der Waals surface area (Å²) >= 11 is 5.94. The molecule has 4 aromatic rings. The Labute approximate surface area is 213 Å². The van der Waals surface area contributed by atoms with E-state index in [0.717, 1.165) is 23.6 Å². The van der Waals surface area contributed by atoms with Crippen LogP contribution in [0.3, 0.4) is 0 Å². The molecule has 0 bridgehead atoms. The van der Waals surface area contributed by atoms with Crippen molar-refractivity contribution in [2.75, 3.05) is 0 Å². The number of nitrogens with one attached hydrogen (secondary N) is 1. The smallest absolute Gasteiger partial charge is 0.404 e. The molecule has 1 aliphatic carbocycles. The molecule has 1 saturated carbocycles. The number of carbonyl (C=O) groups is 1. The number of fused-ring (bicyclic) bond motifs is 2. The molecule has 8 nitrogen and oxygen atoms in total. The van der Waals surface area contributed by atoms with Crippen LogP contribution in [0.15, 0.2) is 41.2 Å². The minimum atomic E-state index is -4.90. The molecule has 1 fully saturated rings. The number of aliphatic hydroxyl groups is 1. The van der Waals surface area contributed by atoms with Gasteiger partial charge < -0.3 is 14.8 Å². The summed E-state index contributed by atoms with van der Waals surface area (Å²) in [4.78, 5) is 33.1. The Morgan fingerprint density at radius 1 is 1.22 bits per heavy atom. The molecule has 0 unspecified atom stereocenters. The Balaban J connectivity index is 1.46. The number of rotatable bonds is 7. The summed E-state index contributed by atoms with van der Waals surface area (Å²) in [5.41, 5.74) is 0.657. The van der Waals surface area contributed by atoms with E-state index in [1.807, 2.05) is 0 Å². The third-order valence-corrected chi connectivity index (χ3v) is 6.82. The number of ketones is 1. The van der Waals surface area contributed by atoms with Crippen molar-refractivity contribution in [3.05, 3.63) is 63.3 Å². The van der Waals surface area contributed by atoms with Crippen LogP contribution in [-0.2, 0) is 17.8 Å². The number of aromatic nitrogens is 4. The van der Waals surface area contributed by atoms with Gasteiger partial charge in [0.1, 0.15) is 18.1 Å². The van der Waals surface area contributed by atoms with Crippen molar-refractivity contribution in [1.29, 1.82) is 0 Å². The fourth-order valence-electron chi connectivity index (χ4n) is 4.83. The second-order valence-corrected chi connectivity index (χ2v) is 9.57. The predicted molar refractivity (Wildman–Crippen MR) is 130 cm³/mol. The molecule has 2 heterocycles. The van der Waals surface area contributed by atoms with Crippen LogP contribution in [0.4, 0.5) is 13.2 Å². The molecule has 12 heteroatoms. The number of halogens is 4. The van der Waals surface area contributed by atoms with Gasteiger partial charge in [-0.25, -0.2) is 9.67 Å². The Hall–Kier alpha value is -3.44. The molecule has 0 aliphatic heterocycles. The number of hydrogen-bond donors (Lipinski definition) is 2. The van der Waals surface area contributed by atoms with Crippen LogP contribution in [0.1, 0.15) is 37.2 Å². The number of carbonyl (C=O) groups excluding carboxylic acids is 1. The number of nitrogens with zero attached hydrogens (tertiary/aromatic N) is 3. The molecule has 0 saturated heterocycles. The highest BCUT2D eigenvalue weighted by atomic mass is 35.5. The van der Waals surface area contributed by atoms with E-state index in [9.17, 15) is 27.9 Å². The largest absolute Gasteiger partial charge is 0.573 e. The molecule has 5 rings (SSSR count). The summed E-state index contributed by atoms with van der Waals surface area (Å²) in [6, 6.07) is 9.21. The summed E-state index contributed by atoms with van der Waals surface area (Å²) in [7, 11) is 0. The quantitative estimate of drug-likeness (QED) is 0.360. The van der Waals surface area contributed by atoms with Crippen LogP contribution in [0.5, 0.6) is 5.75 Å². The Morgan fingerprint density at radius 2 is 1.97 bits per heavy atom. The number of alkyl halides is 3. The molecular formula is C25H22ClF3N4O4. The summed E-state index contributed by atoms with van der Waals surface area (Å²) in [5.74, 6) is -0.504. The predicted octanol–water partition coefficient (Wildman–Crippen LogP) is 4.54. The van der Waals surface area contributed by atoms with Crippen molar-refractivity contribution in [1.82, 2.24) is 19.7 Å². The van der Waals surface area contributed by atoms with E-state index in [1.54, 1.807) is 24.3 Å². The zero-order valence-corrected chi connectivity index (χ0v) is 20.1.